The summed E-state index contributed by atoms with van der Waals surface area (Å²) in [6, 6.07) is 6.49. The van der Waals surface area contributed by atoms with Gasteiger partial charge in [-0.2, -0.15) is 0 Å². The SMILES string of the molecule is CCCc1cc(F)cc(-c2ccnc(OC)c2)c1N. The summed E-state index contributed by atoms with van der Waals surface area (Å²) >= 11 is 0. The molecule has 0 unspecified atom stereocenters. The highest BCUT2D eigenvalue weighted by atomic mass is 19.1. The Morgan fingerprint density at radius 3 is 2.79 bits per heavy atom. The maximum atomic E-state index is 13.7. The predicted octanol–water partition coefficient (Wildman–Crippen LogP) is 3.43. The fourth-order valence-corrected chi connectivity index (χ4v) is 2.08. The van der Waals surface area contributed by atoms with Crippen molar-refractivity contribution in [2.24, 2.45) is 0 Å². The normalized spacial score (nSPS) is 10.5. The van der Waals surface area contributed by atoms with Gasteiger partial charge in [-0.3, -0.25) is 0 Å². The van der Waals surface area contributed by atoms with Crippen LogP contribution in [0.1, 0.15) is 18.9 Å². The first-order valence-electron chi connectivity index (χ1n) is 6.24. The number of benzene rings is 1. The van der Waals surface area contributed by atoms with Crippen molar-refractivity contribution in [1.29, 1.82) is 0 Å². The Kier molecular flexibility index (Phi) is 4.00. The molecule has 3 nitrogen and oxygen atoms in total. The highest BCUT2D eigenvalue weighted by Gasteiger charge is 2.10. The van der Waals surface area contributed by atoms with Gasteiger partial charge in [0, 0.05) is 23.5 Å². The highest BCUT2D eigenvalue weighted by molar-refractivity contribution is 5.79. The smallest absolute Gasteiger partial charge is 0.213 e. The maximum absolute atomic E-state index is 13.7. The van der Waals surface area contributed by atoms with E-state index in [1.165, 1.54) is 12.1 Å². The molecule has 0 amide bonds. The van der Waals surface area contributed by atoms with E-state index in [9.17, 15) is 4.39 Å². The van der Waals surface area contributed by atoms with Crippen molar-refractivity contribution in [3.63, 3.8) is 0 Å². The van der Waals surface area contributed by atoms with Gasteiger partial charge in [-0.25, -0.2) is 9.37 Å². The van der Waals surface area contributed by atoms with Crippen molar-refractivity contribution in [2.45, 2.75) is 19.8 Å². The zero-order valence-corrected chi connectivity index (χ0v) is 11.1. The summed E-state index contributed by atoms with van der Waals surface area (Å²) in [6.45, 7) is 2.04. The first-order chi connectivity index (χ1) is 9.15. The lowest BCUT2D eigenvalue weighted by Crippen LogP contribution is -1.99. The zero-order valence-electron chi connectivity index (χ0n) is 11.1. The molecule has 19 heavy (non-hydrogen) atoms. The third-order valence-electron chi connectivity index (χ3n) is 3.00. The molecule has 2 aromatic rings. The van der Waals surface area contributed by atoms with Crippen LogP contribution in [0.3, 0.4) is 0 Å². The van der Waals surface area contributed by atoms with Gasteiger partial charge >= 0.3 is 0 Å². The summed E-state index contributed by atoms with van der Waals surface area (Å²) in [5.74, 6) is 0.210. The van der Waals surface area contributed by atoms with Gasteiger partial charge in [0.1, 0.15) is 5.82 Å². The molecule has 0 radical (unpaired) electrons. The van der Waals surface area contributed by atoms with E-state index in [1.807, 2.05) is 6.92 Å². The predicted molar refractivity (Wildman–Crippen MR) is 74.6 cm³/mol. The van der Waals surface area contributed by atoms with Crippen LogP contribution in [0.15, 0.2) is 30.5 Å². The summed E-state index contributed by atoms with van der Waals surface area (Å²) in [6.07, 6.45) is 3.31. The second-order valence-electron chi connectivity index (χ2n) is 4.36. The molecule has 4 heteroatoms. The van der Waals surface area contributed by atoms with Crippen LogP contribution in [0.25, 0.3) is 11.1 Å². The second kappa shape index (κ2) is 5.69. The minimum atomic E-state index is -0.275. The van der Waals surface area contributed by atoms with Crippen molar-refractivity contribution in [3.05, 3.63) is 41.8 Å². The molecule has 0 aliphatic rings. The fraction of sp³-hybridized carbons (Fsp3) is 0.267. The standard InChI is InChI=1S/C15H17FN2O/c1-3-4-11-7-12(16)9-13(15(11)17)10-5-6-18-14(8-10)19-2/h5-9H,3-4,17H2,1-2H3. The number of hydrogen-bond acceptors (Lipinski definition) is 3. The van der Waals surface area contributed by atoms with Crippen LogP contribution in [-0.4, -0.2) is 12.1 Å². The molecule has 0 atom stereocenters. The number of hydrogen-bond donors (Lipinski definition) is 1. The molecule has 0 fully saturated rings. The van der Waals surface area contributed by atoms with Gasteiger partial charge in [0.15, 0.2) is 0 Å². The number of pyridine rings is 1. The van der Waals surface area contributed by atoms with Crippen LogP contribution in [0.2, 0.25) is 0 Å². The number of methoxy groups -OCH3 is 1. The Balaban J connectivity index is 2.54. The molecule has 0 aliphatic heterocycles. The minimum absolute atomic E-state index is 0.275. The molecular formula is C15H17FN2O. The average Bonchev–Trinajstić information content (AvgIpc) is 2.43. The van der Waals surface area contributed by atoms with E-state index in [0.29, 0.717) is 17.1 Å². The largest absolute Gasteiger partial charge is 0.481 e. The number of anilines is 1. The first-order valence-corrected chi connectivity index (χ1v) is 6.24. The summed E-state index contributed by atoms with van der Waals surface area (Å²) in [5.41, 5.74) is 9.09. The molecule has 1 aromatic carbocycles. The lowest BCUT2D eigenvalue weighted by atomic mass is 9.98. The van der Waals surface area contributed by atoms with E-state index < -0.39 is 0 Å². The molecular weight excluding hydrogens is 243 g/mol. The van der Waals surface area contributed by atoms with Gasteiger partial charge in [-0.15, -0.1) is 0 Å². The van der Waals surface area contributed by atoms with Crippen LogP contribution >= 0.6 is 0 Å². The van der Waals surface area contributed by atoms with Crippen molar-refractivity contribution in [1.82, 2.24) is 4.98 Å². The van der Waals surface area contributed by atoms with Gasteiger partial charge in [-0.1, -0.05) is 13.3 Å². The number of aromatic nitrogens is 1. The summed E-state index contributed by atoms with van der Waals surface area (Å²) in [4.78, 5) is 4.04. The van der Waals surface area contributed by atoms with Gasteiger partial charge in [0.2, 0.25) is 5.88 Å². The Morgan fingerprint density at radius 2 is 2.11 bits per heavy atom. The van der Waals surface area contributed by atoms with E-state index in [1.54, 1.807) is 25.4 Å². The quantitative estimate of drug-likeness (QED) is 0.857. The van der Waals surface area contributed by atoms with Gasteiger partial charge < -0.3 is 10.5 Å². The summed E-state index contributed by atoms with van der Waals surface area (Å²) in [7, 11) is 1.55. The number of rotatable bonds is 4. The van der Waals surface area contributed by atoms with Gasteiger partial charge in [0.25, 0.3) is 0 Å². The van der Waals surface area contributed by atoms with Crippen molar-refractivity contribution in [3.8, 4) is 17.0 Å². The lowest BCUT2D eigenvalue weighted by Gasteiger charge is -2.12. The Bertz CT molecular complexity index is 584. The molecule has 0 aliphatic carbocycles. The number of aryl methyl sites for hydroxylation is 1. The number of nitrogens with zero attached hydrogens (tertiary/aromatic N) is 1. The maximum Gasteiger partial charge on any atom is 0.213 e. The van der Waals surface area contributed by atoms with E-state index in [0.717, 1.165) is 24.0 Å². The number of ether oxygens (including phenoxy) is 1. The summed E-state index contributed by atoms with van der Waals surface area (Å²) < 4.78 is 18.8. The van der Waals surface area contributed by atoms with E-state index in [-0.39, 0.29) is 5.82 Å². The van der Waals surface area contributed by atoms with Crippen LogP contribution in [0.4, 0.5) is 10.1 Å². The third kappa shape index (κ3) is 2.84. The van der Waals surface area contributed by atoms with E-state index in [4.69, 9.17) is 10.5 Å². The Morgan fingerprint density at radius 1 is 1.32 bits per heavy atom. The van der Waals surface area contributed by atoms with Gasteiger partial charge in [0.05, 0.1) is 7.11 Å². The fourth-order valence-electron chi connectivity index (χ4n) is 2.08. The van der Waals surface area contributed by atoms with E-state index >= 15 is 0 Å². The minimum Gasteiger partial charge on any atom is -0.481 e. The zero-order chi connectivity index (χ0) is 13.8. The van der Waals surface area contributed by atoms with Crippen LogP contribution in [-0.2, 0) is 6.42 Å². The number of nitrogen functional groups attached to an aromatic ring is 1. The van der Waals surface area contributed by atoms with Gasteiger partial charge in [-0.05, 0) is 35.7 Å². The van der Waals surface area contributed by atoms with Crippen molar-refractivity contribution in [2.75, 3.05) is 12.8 Å². The van der Waals surface area contributed by atoms with Crippen molar-refractivity contribution < 1.29 is 9.13 Å². The van der Waals surface area contributed by atoms with Crippen LogP contribution < -0.4 is 10.5 Å². The molecule has 0 spiro atoms. The molecule has 0 bridgehead atoms. The molecule has 1 aromatic heterocycles. The first kappa shape index (κ1) is 13.3. The lowest BCUT2D eigenvalue weighted by molar-refractivity contribution is 0.398. The van der Waals surface area contributed by atoms with Crippen LogP contribution in [0.5, 0.6) is 5.88 Å². The Hall–Kier alpha value is -2.10. The number of halogens is 1. The monoisotopic (exact) mass is 260 g/mol. The topological polar surface area (TPSA) is 48.1 Å². The van der Waals surface area contributed by atoms with Crippen molar-refractivity contribution >= 4 is 5.69 Å². The molecule has 0 saturated heterocycles. The molecule has 1 heterocycles. The average molecular weight is 260 g/mol. The molecule has 2 N–H and O–H groups in total. The summed E-state index contributed by atoms with van der Waals surface area (Å²) in [5, 5.41) is 0. The molecule has 100 valence electrons. The third-order valence-corrected chi connectivity index (χ3v) is 3.00. The second-order valence-corrected chi connectivity index (χ2v) is 4.36. The molecule has 2 rings (SSSR count). The van der Waals surface area contributed by atoms with E-state index in [2.05, 4.69) is 4.98 Å². The van der Waals surface area contributed by atoms with Crippen LogP contribution in [0, 0.1) is 5.82 Å². The highest BCUT2D eigenvalue weighted by Crippen LogP contribution is 2.31. The number of nitrogens with two attached hydrogens (primary N) is 1. The Labute approximate surface area is 112 Å². The molecule has 0 saturated carbocycles.